The van der Waals surface area contributed by atoms with Crippen LogP contribution in [0.15, 0.2) is 29.1 Å². The van der Waals surface area contributed by atoms with Crippen LogP contribution in [0, 0.1) is 0 Å². The summed E-state index contributed by atoms with van der Waals surface area (Å²) in [5.41, 5.74) is 0.751. The third-order valence-electron chi connectivity index (χ3n) is 6.68. The smallest absolute Gasteiger partial charge is 0.343 e. The molecule has 0 spiro atoms. The van der Waals surface area contributed by atoms with E-state index in [1.54, 1.807) is 25.1 Å². The maximum absolute atomic E-state index is 13.7. The Morgan fingerprint density at radius 1 is 1.29 bits per heavy atom. The van der Waals surface area contributed by atoms with Crippen LogP contribution in [0.25, 0.3) is 22.3 Å². The Hall–Kier alpha value is -3.31. The van der Waals surface area contributed by atoms with Gasteiger partial charge >= 0.3 is 5.97 Å². The predicted molar refractivity (Wildman–Crippen MR) is 126 cm³/mol. The quantitative estimate of drug-likeness (QED) is 0.446. The van der Waals surface area contributed by atoms with Crippen molar-refractivity contribution in [1.82, 2.24) is 14.5 Å². The average molecular weight is 482 g/mol. The number of fused-ring (bicyclic) bond motifs is 5. The lowest BCUT2D eigenvalue weighted by atomic mass is 9.86. The highest BCUT2D eigenvalue weighted by Crippen LogP contribution is 2.44. The molecule has 0 aliphatic carbocycles. The number of phenolic OH excluding ortho intramolecular Hbond substituents is 1. The Labute approximate surface area is 201 Å². The van der Waals surface area contributed by atoms with Crippen LogP contribution < -0.4 is 5.56 Å². The predicted octanol–water partition coefficient (Wildman–Crippen LogP) is 1.35. The van der Waals surface area contributed by atoms with Gasteiger partial charge in [-0.25, -0.2) is 9.78 Å². The fourth-order valence-corrected chi connectivity index (χ4v) is 4.94. The van der Waals surface area contributed by atoms with E-state index in [4.69, 9.17) is 14.5 Å². The van der Waals surface area contributed by atoms with Crippen LogP contribution in [0.4, 0.5) is 0 Å². The highest BCUT2D eigenvalue weighted by Gasteiger charge is 2.46. The monoisotopic (exact) mass is 481 g/mol. The van der Waals surface area contributed by atoms with Crippen LogP contribution in [-0.4, -0.2) is 63.0 Å². The molecule has 1 aromatic carbocycles. The first kappa shape index (κ1) is 23.4. The number of aromatic nitrogens is 2. The van der Waals surface area contributed by atoms with E-state index in [0.29, 0.717) is 40.0 Å². The first-order valence-corrected chi connectivity index (χ1v) is 11.4. The maximum atomic E-state index is 13.7. The molecular weight excluding hydrogens is 454 g/mol. The number of nitrogens with zero attached hydrogens (tertiary/aromatic N) is 3. The molecule has 4 heterocycles. The molecule has 0 saturated carbocycles. The van der Waals surface area contributed by atoms with Gasteiger partial charge in [0, 0.05) is 28.6 Å². The SMILES string of the molecule is CC[C@@]1(O)C(=O)OCc2c1cc1n(c2=O)[C@@H](OCCO)c2cc3c(CN(C)C)c(O)ccc3nc2-1. The highest BCUT2D eigenvalue weighted by molar-refractivity contribution is 5.89. The molecular formula is C25H27N3O7. The number of carbonyl (C=O) groups is 1. The van der Waals surface area contributed by atoms with Crippen molar-refractivity contribution in [2.45, 2.75) is 38.3 Å². The van der Waals surface area contributed by atoms with Crippen molar-refractivity contribution in [3.63, 3.8) is 0 Å². The number of carbonyl (C=O) groups excluding carboxylic acids is 1. The fraction of sp³-hybridized carbons (Fsp3) is 0.400. The molecule has 0 radical (unpaired) electrons. The normalized spacial score (nSPS) is 20.6. The maximum Gasteiger partial charge on any atom is 0.343 e. The number of pyridine rings is 2. The standard InChI is InChI=1S/C25H27N3O7/c1-4-25(33)17-10-19-21-14(9-13-15(11-27(2)3)20(30)6-5-18(13)26-21)23(34-8-7-29)28(19)22(31)16(17)12-35-24(25)32/h5-6,9-10,23,29-30,33H,4,7-8,11-12H2,1-3H3/t23-,25-/m0/s1. The summed E-state index contributed by atoms with van der Waals surface area (Å²) >= 11 is 0. The van der Waals surface area contributed by atoms with Gasteiger partial charge in [-0.2, -0.15) is 0 Å². The molecule has 2 atom stereocenters. The van der Waals surface area contributed by atoms with Gasteiger partial charge in [-0.1, -0.05) is 6.92 Å². The van der Waals surface area contributed by atoms with Gasteiger partial charge in [0.15, 0.2) is 11.8 Å². The van der Waals surface area contributed by atoms with Crippen LogP contribution in [0.3, 0.4) is 0 Å². The molecule has 3 aromatic rings. The number of rotatable bonds is 6. The summed E-state index contributed by atoms with van der Waals surface area (Å²) in [4.78, 5) is 32.8. The van der Waals surface area contributed by atoms with Crippen molar-refractivity contribution >= 4 is 16.9 Å². The molecule has 184 valence electrons. The Kier molecular flexibility index (Phi) is 5.64. The number of benzene rings is 1. The van der Waals surface area contributed by atoms with Crippen molar-refractivity contribution in [1.29, 1.82) is 0 Å². The second-order valence-corrected chi connectivity index (χ2v) is 9.13. The Morgan fingerprint density at radius 3 is 2.74 bits per heavy atom. The number of esters is 1. The van der Waals surface area contributed by atoms with Gasteiger partial charge < -0.3 is 29.7 Å². The van der Waals surface area contributed by atoms with Gasteiger partial charge in [-0.3, -0.25) is 9.36 Å². The van der Waals surface area contributed by atoms with Crippen molar-refractivity contribution in [2.24, 2.45) is 0 Å². The molecule has 10 nitrogen and oxygen atoms in total. The minimum Gasteiger partial charge on any atom is -0.508 e. The van der Waals surface area contributed by atoms with Gasteiger partial charge in [-0.05, 0) is 44.8 Å². The fourth-order valence-electron chi connectivity index (χ4n) is 4.94. The Morgan fingerprint density at radius 2 is 2.06 bits per heavy atom. The van der Waals surface area contributed by atoms with Crippen LogP contribution >= 0.6 is 0 Å². The van der Waals surface area contributed by atoms with E-state index in [-0.39, 0.29) is 43.1 Å². The number of ether oxygens (including phenoxy) is 2. The number of aliphatic hydroxyl groups is 2. The minimum absolute atomic E-state index is 0.0242. The van der Waals surface area contributed by atoms with E-state index in [2.05, 4.69) is 0 Å². The molecule has 3 N–H and O–H groups in total. The second kappa shape index (κ2) is 8.42. The van der Waals surface area contributed by atoms with Gasteiger partial charge in [0.05, 0.1) is 35.7 Å². The molecule has 5 rings (SSSR count). The summed E-state index contributed by atoms with van der Waals surface area (Å²) in [7, 11) is 3.79. The molecule has 2 aliphatic heterocycles. The lowest BCUT2D eigenvalue weighted by Crippen LogP contribution is -2.44. The number of cyclic esters (lactones) is 1. The van der Waals surface area contributed by atoms with E-state index in [9.17, 15) is 24.9 Å². The van der Waals surface area contributed by atoms with Gasteiger partial charge in [0.25, 0.3) is 5.56 Å². The number of aliphatic hydroxyl groups excluding tert-OH is 1. The lowest BCUT2D eigenvalue weighted by Gasteiger charge is -2.32. The number of aromatic hydroxyl groups is 1. The van der Waals surface area contributed by atoms with Gasteiger partial charge in [0.1, 0.15) is 12.4 Å². The molecule has 0 amide bonds. The van der Waals surface area contributed by atoms with Crippen molar-refractivity contribution in [3.05, 3.63) is 56.9 Å². The first-order chi connectivity index (χ1) is 16.7. The Balaban J connectivity index is 1.81. The highest BCUT2D eigenvalue weighted by atomic mass is 16.6. The van der Waals surface area contributed by atoms with Crippen molar-refractivity contribution < 1.29 is 29.6 Å². The zero-order valence-corrected chi connectivity index (χ0v) is 19.7. The van der Waals surface area contributed by atoms with Gasteiger partial charge in [-0.15, -0.1) is 0 Å². The molecule has 35 heavy (non-hydrogen) atoms. The van der Waals surface area contributed by atoms with Crippen LogP contribution in [0.1, 0.15) is 41.8 Å². The largest absolute Gasteiger partial charge is 0.508 e. The molecule has 2 aromatic heterocycles. The van der Waals surface area contributed by atoms with Crippen molar-refractivity contribution in [2.75, 3.05) is 27.3 Å². The summed E-state index contributed by atoms with van der Waals surface area (Å²) in [5.74, 6) is -0.661. The minimum atomic E-state index is -1.94. The third-order valence-corrected chi connectivity index (χ3v) is 6.68. The van der Waals surface area contributed by atoms with E-state index >= 15 is 0 Å². The van der Waals surface area contributed by atoms with E-state index in [1.807, 2.05) is 25.1 Å². The second-order valence-electron chi connectivity index (χ2n) is 9.13. The Bertz CT molecular complexity index is 1410. The number of hydrogen-bond acceptors (Lipinski definition) is 9. The van der Waals surface area contributed by atoms with E-state index < -0.39 is 23.4 Å². The zero-order chi connectivity index (χ0) is 25.1. The van der Waals surface area contributed by atoms with Crippen LogP contribution in [-0.2, 0) is 33.0 Å². The summed E-state index contributed by atoms with van der Waals surface area (Å²) in [5, 5.41) is 31.8. The molecule has 10 heteroatoms. The summed E-state index contributed by atoms with van der Waals surface area (Å²) in [6.07, 6.45) is -0.846. The average Bonchev–Trinajstić information content (AvgIpc) is 3.13. The van der Waals surface area contributed by atoms with Crippen LogP contribution in [0.5, 0.6) is 5.75 Å². The summed E-state index contributed by atoms with van der Waals surface area (Å²) in [6, 6.07) is 6.74. The van der Waals surface area contributed by atoms with Crippen LogP contribution in [0.2, 0.25) is 0 Å². The first-order valence-electron chi connectivity index (χ1n) is 11.4. The van der Waals surface area contributed by atoms with E-state index in [1.165, 1.54) is 4.57 Å². The molecule has 2 aliphatic rings. The molecule has 0 fully saturated rings. The summed E-state index contributed by atoms with van der Waals surface area (Å²) < 4.78 is 12.5. The van der Waals surface area contributed by atoms with E-state index in [0.717, 1.165) is 0 Å². The van der Waals surface area contributed by atoms with Gasteiger partial charge in [0.2, 0.25) is 0 Å². The summed E-state index contributed by atoms with van der Waals surface area (Å²) in [6.45, 7) is 1.59. The molecule has 0 saturated heterocycles. The third kappa shape index (κ3) is 3.44. The number of phenols is 1. The van der Waals surface area contributed by atoms with Crippen molar-refractivity contribution in [3.8, 4) is 17.1 Å². The zero-order valence-electron chi connectivity index (χ0n) is 19.7. The lowest BCUT2D eigenvalue weighted by molar-refractivity contribution is -0.172. The molecule has 0 unspecified atom stereocenters. The number of hydrogen-bond donors (Lipinski definition) is 3. The topological polar surface area (TPSA) is 134 Å². The molecule has 0 bridgehead atoms.